The largest absolute Gasteiger partial charge is 0.466 e. The summed E-state index contributed by atoms with van der Waals surface area (Å²) in [6.07, 6.45) is 13.8. The quantitative estimate of drug-likeness (QED) is 0.159. The molecular formula is C26H50O4. The minimum absolute atomic E-state index is 0.00734. The molecule has 30 heavy (non-hydrogen) atoms. The van der Waals surface area contributed by atoms with Crippen molar-refractivity contribution in [1.29, 1.82) is 0 Å². The standard InChI is InChI=1S/C26H50O4/c1-7-20-29-24(27)18-16-14-12-10-9-11-13-15-17-19-26(22(3)4,23(5)6)25(28)30-21-8-2/h22-23H,7-21H2,1-6H3. The number of esters is 2. The van der Waals surface area contributed by atoms with Crippen LogP contribution in [0.2, 0.25) is 0 Å². The summed E-state index contributed by atoms with van der Waals surface area (Å²) in [4.78, 5) is 24.3. The first-order valence-electron chi connectivity index (χ1n) is 12.7. The van der Waals surface area contributed by atoms with Crippen molar-refractivity contribution in [2.45, 2.75) is 125 Å². The summed E-state index contributed by atoms with van der Waals surface area (Å²) in [5.41, 5.74) is -0.354. The third-order valence-corrected chi connectivity index (χ3v) is 6.32. The number of ether oxygens (including phenoxy) is 2. The summed E-state index contributed by atoms with van der Waals surface area (Å²) in [5, 5.41) is 0. The summed E-state index contributed by atoms with van der Waals surface area (Å²) in [6.45, 7) is 13.8. The maximum atomic E-state index is 12.8. The van der Waals surface area contributed by atoms with Gasteiger partial charge in [-0.15, -0.1) is 0 Å². The number of hydrogen-bond acceptors (Lipinski definition) is 4. The highest BCUT2D eigenvalue weighted by Gasteiger charge is 2.45. The average molecular weight is 427 g/mol. The maximum absolute atomic E-state index is 12.8. The van der Waals surface area contributed by atoms with Crippen LogP contribution in [0.5, 0.6) is 0 Å². The van der Waals surface area contributed by atoms with Crippen LogP contribution in [-0.2, 0) is 19.1 Å². The fraction of sp³-hybridized carbons (Fsp3) is 0.923. The highest BCUT2D eigenvalue weighted by Crippen LogP contribution is 2.42. The first-order chi connectivity index (χ1) is 14.3. The lowest BCUT2D eigenvalue weighted by atomic mass is 9.66. The minimum Gasteiger partial charge on any atom is -0.466 e. The molecule has 178 valence electrons. The van der Waals surface area contributed by atoms with Crippen LogP contribution in [0.25, 0.3) is 0 Å². The van der Waals surface area contributed by atoms with Gasteiger partial charge in [0.15, 0.2) is 0 Å². The second-order valence-electron chi connectivity index (χ2n) is 9.39. The highest BCUT2D eigenvalue weighted by atomic mass is 16.5. The van der Waals surface area contributed by atoms with Gasteiger partial charge in [0.25, 0.3) is 0 Å². The van der Waals surface area contributed by atoms with Crippen molar-refractivity contribution in [3.05, 3.63) is 0 Å². The number of hydrogen-bond donors (Lipinski definition) is 0. The molecule has 4 heteroatoms. The molecule has 0 fully saturated rings. The monoisotopic (exact) mass is 426 g/mol. The van der Waals surface area contributed by atoms with E-state index in [1.54, 1.807) is 0 Å². The van der Waals surface area contributed by atoms with E-state index < -0.39 is 0 Å². The number of carbonyl (C=O) groups is 2. The van der Waals surface area contributed by atoms with Gasteiger partial charge in [0.1, 0.15) is 0 Å². The molecule has 0 rings (SSSR count). The SMILES string of the molecule is CCCOC(=O)CCCCCCCCCCCC(C(=O)OCCC)(C(C)C)C(C)C. The van der Waals surface area contributed by atoms with E-state index in [-0.39, 0.29) is 17.4 Å². The second-order valence-corrected chi connectivity index (χ2v) is 9.39. The minimum atomic E-state index is -0.354. The summed E-state index contributed by atoms with van der Waals surface area (Å²) in [7, 11) is 0. The Morgan fingerprint density at radius 3 is 1.57 bits per heavy atom. The van der Waals surface area contributed by atoms with Crippen molar-refractivity contribution < 1.29 is 19.1 Å². The maximum Gasteiger partial charge on any atom is 0.312 e. The van der Waals surface area contributed by atoms with Crippen molar-refractivity contribution in [2.24, 2.45) is 17.3 Å². The molecule has 0 saturated heterocycles. The third kappa shape index (κ3) is 11.4. The van der Waals surface area contributed by atoms with Gasteiger partial charge in [-0.25, -0.2) is 0 Å². The number of rotatable bonds is 19. The van der Waals surface area contributed by atoms with Gasteiger partial charge < -0.3 is 9.47 Å². The molecule has 0 amide bonds. The fourth-order valence-corrected chi connectivity index (χ4v) is 4.36. The van der Waals surface area contributed by atoms with E-state index in [4.69, 9.17) is 9.47 Å². The Morgan fingerprint density at radius 2 is 1.10 bits per heavy atom. The Hall–Kier alpha value is -1.06. The van der Waals surface area contributed by atoms with Gasteiger partial charge in [-0.2, -0.15) is 0 Å². The lowest BCUT2D eigenvalue weighted by Crippen LogP contribution is -2.42. The highest BCUT2D eigenvalue weighted by molar-refractivity contribution is 5.77. The van der Waals surface area contributed by atoms with Crippen molar-refractivity contribution in [3.63, 3.8) is 0 Å². The zero-order valence-corrected chi connectivity index (χ0v) is 20.9. The van der Waals surface area contributed by atoms with Gasteiger partial charge in [-0.05, 0) is 37.5 Å². The zero-order chi connectivity index (χ0) is 22.8. The fourth-order valence-electron chi connectivity index (χ4n) is 4.36. The lowest BCUT2D eigenvalue weighted by Gasteiger charge is -2.39. The van der Waals surface area contributed by atoms with Crippen LogP contribution in [0.4, 0.5) is 0 Å². The topological polar surface area (TPSA) is 52.6 Å². The first-order valence-corrected chi connectivity index (χ1v) is 12.7. The van der Waals surface area contributed by atoms with Gasteiger partial charge in [0.2, 0.25) is 0 Å². The average Bonchev–Trinajstić information content (AvgIpc) is 2.70. The van der Waals surface area contributed by atoms with Crippen LogP contribution in [0.3, 0.4) is 0 Å². The molecule has 0 N–H and O–H groups in total. The van der Waals surface area contributed by atoms with Gasteiger partial charge >= 0.3 is 11.9 Å². The molecule has 0 aromatic heterocycles. The summed E-state index contributed by atoms with van der Waals surface area (Å²) in [6, 6.07) is 0. The molecule has 0 aromatic carbocycles. The summed E-state index contributed by atoms with van der Waals surface area (Å²) >= 11 is 0. The van der Waals surface area contributed by atoms with Crippen LogP contribution in [0.15, 0.2) is 0 Å². The van der Waals surface area contributed by atoms with Gasteiger partial charge in [0, 0.05) is 6.42 Å². The Kier molecular flexibility index (Phi) is 17.0. The van der Waals surface area contributed by atoms with Crippen LogP contribution < -0.4 is 0 Å². The van der Waals surface area contributed by atoms with E-state index in [9.17, 15) is 9.59 Å². The first kappa shape index (κ1) is 28.9. The van der Waals surface area contributed by atoms with Gasteiger partial charge in [0.05, 0.1) is 18.6 Å². The van der Waals surface area contributed by atoms with E-state index in [1.165, 1.54) is 38.5 Å². The molecular weight excluding hydrogens is 376 g/mol. The van der Waals surface area contributed by atoms with Crippen LogP contribution >= 0.6 is 0 Å². The zero-order valence-electron chi connectivity index (χ0n) is 20.9. The van der Waals surface area contributed by atoms with Crippen LogP contribution in [0.1, 0.15) is 125 Å². The molecule has 0 radical (unpaired) electrons. The predicted octanol–water partition coefficient (Wildman–Crippen LogP) is 7.48. The smallest absolute Gasteiger partial charge is 0.312 e. The molecule has 0 atom stereocenters. The summed E-state index contributed by atoms with van der Waals surface area (Å²) in [5.74, 6) is 0.546. The van der Waals surface area contributed by atoms with E-state index in [0.29, 0.717) is 31.5 Å². The lowest BCUT2D eigenvalue weighted by molar-refractivity contribution is -0.163. The Labute approximate surface area is 186 Å². The molecule has 0 heterocycles. The Morgan fingerprint density at radius 1 is 0.667 bits per heavy atom. The molecule has 0 unspecified atom stereocenters. The molecule has 4 nitrogen and oxygen atoms in total. The van der Waals surface area contributed by atoms with Crippen molar-refractivity contribution in [2.75, 3.05) is 13.2 Å². The Balaban J connectivity index is 3.97. The second kappa shape index (κ2) is 17.6. The number of carbonyl (C=O) groups excluding carboxylic acids is 2. The van der Waals surface area contributed by atoms with E-state index in [1.807, 2.05) is 13.8 Å². The third-order valence-electron chi connectivity index (χ3n) is 6.32. The molecule has 0 spiro atoms. The van der Waals surface area contributed by atoms with Crippen molar-refractivity contribution >= 4 is 11.9 Å². The summed E-state index contributed by atoms with van der Waals surface area (Å²) < 4.78 is 10.7. The number of unbranched alkanes of at least 4 members (excludes halogenated alkanes) is 8. The van der Waals surface area contributed by atoms with Crippen LogP contribution in [0, 0.1) is 17.3 Å². The molecule has 0 bridgehead atoms. The van der Waals surface area contributed by atoms with E-state index >= 15 is 0 Å². The van der Waals surface area contributed by atoms with E-state index in [2.05, 4.69) is 27.7 Å². The predicted molar refractivity (Wildman–Crippen MR) is 125 cm³/mol. The molecule has 0 saturated carbocycles. The van der Waals surface area contributed by atoms with Crippen LogP contribution in [-0.4, -0.2) is 25.2 Å². The molecule has 0 aliphatic heterocycles. The van der Waals surface area contributed by atoms with Crippen molar-refractivity contribution in [1.82, 2.24) is 0 Å². The van der Waals surface area contributed by atoms with Gasteiger partial charge in [-0.1, -0.05) is 92.9 Å². The van der Waals surface area contributed by atoms with Gasteiger partial charge in [-0.3, -0.25) is 9.59 Å². The van der Waals surface area contributed by atoms with E-state index in [0.717, 1.165) is 38.5 Å². The van der Waals surface area contributed by atoms with Crippen molar-refractivity contribution in [3.8, 4) is 0 Å². The molecule has 0 aromatic rings. The molecule has 0 aliphatic rings. The Bertz CT molecular complexity index is 434. The molecule has 0 aliphatic carbocycles. The normalized spacial score (nSPS) is 11.9.